The maximum Gasteiger partial charge on any atom is 0.410 e. The highest BCUT2D eigenvalue weighted by molar-refractivity contribution is 5.81. The van der Waals surface area contributed by atoms with E-state index in [1.54, 1.807) is 13.3 Å². The number of methoxy groups -OCH3 is 1. The van der Waals surface area contributed by atoms with Gasteiger partial charge < -0.3 is 14.4 Å². The Balaban J connectivity index is 1.60. The molecule has 0 saturated carbocycles. The summed E-state index contributed by atoms with van der Waals surface area (Å²) in [5, 5.41) is 0.927. The molecule has 26 heavy (non-hydrogen) atoms. The van der Waals surface area contributed by atoms with Gasteiger partial charge in [-0.3, -0.25) is 0 Å². The predicted octanol–water partition coefficient (Wildman–Crippen LogP) is 3.83. The van der Waals surface area contributed by atoms with Crippen LogP contribution in [0.15, 0.2) is 24.4 Å². The molecule has 0 N–H and O–H groups in total. The summed E-state index contributed by atoms with van der Waals surface area (Å²) in [5.41, 5.74) is 1.24. The van der Waals surface area contributed by atoms with Crippen LogP contribution in [-0.2, 0) is 11.2 Å². The van der Waals surface area contributed by atoms with E-state index in [0.717, 1.165) is 49.2 Å². The third-order valence-electron chi connectivity index (χ3n) is 4.57. The number of carbonyl (C=O) groups excluding carboxylic acids is 1. The van der Waals surface area contributed by atoms with Gasteiger partial charge in [-0.05, 0) is 58.1 Å². The molecule has 6 heteroatoms. The minimum absolute atomic E-state index is 0.213. The SMILES string of the molecule is COc1cc(CC[C@@H]2CCN(C(=O)OC(C)(C)C)C2)nc2ncccc12. The van der Waals surface area contributed by atoms with E-state index in [2.05, 4.69) is 9.97 Å². The minimum atomic E-state index is -0.451. The molecule has 0 unspecified atom stereocenters. The Labute approximate surface area is 154 Å². The minimum Gasteiger partial charge on any atom is -0.496 e. The molecule has 3 rings (SSSR count). The second-order valence-electron chi connectivity index (χ2n) is 7.81. The number of likely N-dealkylation sites (tertiary alicyclic amines) is 1. The average Bonchev–Trinajstić information content (AvgIpc) is 3.07. The topological polar surface area (TPSA) is 64.5 Å². The third-order valence-corrected chi connectivity index (χ3v) is 4.57. The number of fused-ring (bicyclic) bond motifs is 1. The Morgan fingerprint density at radius 1 is 1.38 bits per heavy atom. The lowest BCUT2D eigenvalue weighted by molar-refractivity contribution is 0.0287. The van der Waals surface area contributed by atoms with Gasteiger partial charge in [0.15, 0.2) is 5.65 Å². The number of aromatic nitrogens is 2. The molecule has 1 aliphatic heterocycles. The van der Waals surface area contributed by atoms with E-state index >= 15 is 0 Å². The van der Waals surface area contributed by atoms with Crippen molar-refractivity contribution < 1.29 is 14.3 Å². The quantitative estimate of drug-likeness (QED) is 0.832. The van der Waals surface area contributed by atoms with Crippen LogP contribution in [0.1, 0.15) is 39.3 Å². The van der Waals surface area contributed by atoms with Crippen molar-refractivity contribution in [2.75, 3.05) is 20.2 Å². The van der Waals surface area contributed by atoms with Gasteiger partial charge in [-0.1, -0.05) is 0 Å². The van der Waals surface area contributed by atoms with Gasteiger partial charge in [0.05, 0.1) is 12.5 Å². The number of hydrogen-bond acceptors (Lipinski definition) is 5. The molecule has 2 aromatic rings. The molecule has 0 aliphatic carbocycles. The molecular formula is C20H27N3O3. The molecule has 2 aromatic heterocycles. The summed E-state index contributed by atoms with van der Waals surface area (Å²) in [7, 11) is 1.67. The molecule has 1 fully saturated rings. The monoisotopic (exact) mass is 357 g/mol. The van der Waals surface area contributed by atoms with Gasteiger partial charge >= 0.3 is 6.09 Å². The first-order valence-corrected chi connectivity index (χ1v) is 9.12. The molecule has 1 amide bonds. The Hall–Kier alpha value is -2.37. The van der Waals surface area contributed by atoms with E-state index < -0.39 is 5.60 Å². The van der Waals surface area contributed by atoms with E-state index in [9.17, 15) is 4.79 Å². The van der Waals surface area contributed by atoms with Gasteiger partial charge in [0.25, 0.3) is 0 Å². The Morgan fingerprint density at radius 2 is 2.19 bits per heavy atom. The van der Waals surface area contributed by atoms with Crippen LogP contribution < -0.4 is 4.74 Å². The largest absolute Gasteiger partial charge is 0.496 e. The lowest BCUT2D eigenvalue weighted by Gasteiger charge is -2.24. The zero-order chi connectivity index (χ0) is 18.7. The summed E-state index contributed by atoms with van der Waals surface area (Å²) in [6.45, 7) is 7.19. The number of aryl methyl sites for hydroxylation is 1. The average molecular weight is 357 g/mol. The first-order valence-electron chi connectivity index (χ1n) is 9.12. The van der Waals surface area contributed by atoms with Crippen molar-refractivity contribution in [3.8, 4) is 5.75 Å². The van der Waals surface area contributed by atoms with Crippen LogP contribution in [0.3, 0.4) is 0 Å². The highest BCUT2D eigenvalue weighted by atomic mass is 16.6. The fourth-order valence-corrected chi connectivity index (χ4v) is 3.29. The summed E-state index contributed by atoms with van der Waals surface area (Å²) < 4.78 is 10.9. The molecule has 140 valence electrons. The molecule has 6 nitrogen and oxygen atoms in total. The molecule has 1 aliphatic rings. The van der Waals surface area contributed by atoms with Crippen LogP contribution in [0.25, 0.3) is 11.0 Å². The molecule has 0 radical (unpaired) electrons. The number of hydrogen-bond donors (Lipinski definition) is 0. The molecular weight excluding hydrogens is 330 g/mol. The van der Waals surface area contributed by atoms with Crippen molar-refractivity contribution in [3.63, 3.8) is 0 Å². The van der Waals surface area contributed by atoms with Crippen molar-refractivity contribution in [2.45, 2.75) is 45.6 Å². The number of rotatable bonds is 4. The maximum atomic E-state index is 12.2. The second kappa shape index (κ2) is 7.48. The molecule has 1 saturated heterocycles. The molecule has 0 spiro atoms. The van der Waals surface area contributed by atoms with Crippen LogP contribution >= 0.6 is 0 Å². The van der Waals surface area contributed by atoms with Gasteiger partial charge in [0.2, 0.25) is 0 Å². The summed E-state index contributed by atoms with van der Waals surface area (Å²) >= 11 is 0. The summed E-state index contributed by atoms with van der Waals surface area (Å²) in [6.07, 6.45) is 4.36. The van der Waals surface area contributed by atoms with Crippen molar-refractivity contribution in [1.29, 1.82) is 0 Å². The standard InChI is InChI=1S/C20H27N3O3/c1-20(2,3)26-19(24)23-11-9-14(13-23)7-8-15-12-17(25-4)16-6-5-10-21-18(16)22-15/h5-6,10,12,14H,7-9,11,13H2,1-4H3/t14-/m1/s1. The Morgan fingerprint density at radius 3 is 2.92 bits per heavy atom. The smallest absolute Gasteiger partial charge is 0.410 e. The maximum absolute atomic E-state index is 12.2. The van der Waals surface area contributed by atoms with Crippen LogP contribution in [0.4, 0.5) is 4.79 Å². The van der Waals surface area contributed by atoms with Crippen molar-refractivity contribution in [3.05, 3.63) is 30.1 Å². The fourth-order valence-electron chi connectivity index (χ4n) is 3.29. The van der Waals surface area contributed by atoms with Gasteiger partial charge in [-0.25, -0.2) is 14.8 Å². The lowest BCUT2D eigenvalue weighted by Crippen LogP contribution is -2.35. The van der Waals surface area contributed by atoms with E-state index in [0.29, 0.717) is 11.6 Å². The Bertz CT molecular complexity index is 785. The number of nitrogens with zero attached hydrogens (tertiary/aromatic N) is 3. The highest BCUT2D eigenvalue weighted by Gasteiger charge is 2.29. The predicted molar refractivity (Wildman–Crippen MR) is 100 cm³/mol. The van der Waals surface area contributed by atoms with Crippen molar-refractivity contribution in [2.24, 2.45) is 5.92 Å². The first-order chi connectivity index (χ1) is 12.4. The normalized spacial score (nSPS) is 17.5. The van der Waals surface area contributed by atoms with Crippen LogP contribution in [0.5, 0.6) is 5.75 Å². The third kappa shape index (κ3) is 4.42. The lowest BCUT2D eigenvalue weighted by atomic mass is 10.0. The van der Waals surface area contributed by atoms with E-state index in [1.807, 2.05) is 43.9 Å². The first kappa shape index (κ1) is 18.4. The highest BCUT2D eigenvalue weighted by Crippen LogP contribution is 2.27. The van der Waals surface area contributed by atoms with Crippen molar-refractivity contribution in [1.82, 2.24) is 14.9 Å². The van der Waals surface area contributed by atoms with Gasteiger partial charge in [-0.15, -0.1) is 0 Å². The van der Waals surface area contributed by atoms with E-state index in [4.69, 9.17) is 9.47 Å². The second-order valence-corrected chi connectivity index (χ2v) is 7.81. The number of ether oxygens (including phenoxy) is 2. The number of pyridine rings is 2. The van der Waals surface area contributed by atoms with Crippen LogP contribution in [0.2, 0.25) is 0 Å². The summed E-state index contributed by atoms with van der Waals surface area (Å²) in [4.78, 5) is 23.0. The fraction of sp³-hybridized carbons (Fsp3) is 0.550. The van der Waals surface area contributed by atoms with E-state index in [1.165, 1.54) is 0 Å². The summed E-state index contributed by atoms with van der Waals surface area (Å²) in [5.74, 6) is 1.27. The van der Waals surface area contributed by atoms with Gasteiger partial charge in [-0.2, -0.15) is 0 Å². The number of carbonyl (C=O) groups is 1. The van der Waals surface area contributed by atoms with E-state index in [-0.39, 0.29) is 6.09 Å². The molecule has 3 heterocycles. The van der Waals surface area contributed by atoms with Crippen LogP contribution in [0, 0.1) is 5.92 Å². The molecule has 0 aromatic carbocycles. The molecule has 1 atom stereocenters. The van der Waals surface area contributed by atoms with Gasteiger partial charge in [0, 0.05) is 31.0 Å². The Kier molecular flexibility index (Phi) is 5.30. The summed E-state index contributed by atoms with van der Waals surface area (Å²) in [6, 6.07) is 5.84. The van der Waals surface area contributed by atoms with Crippen LogP contribution in [-0.4, -0.2) is 46.8 Å². The van der Waals surface area contributed by atoms with Gasteiger partial charge in [0.1, 0.15) is 11.4 Å². The zero-order valence-electron chi connectivity index (χ0n) is 16.0. The molecule has 0 bridgehead atoms. The van der Waals surface area contributed by atoms with Crippen molar-refractivity contribution >= 4 is 17.1 Å². The zero-order valence-corrected chi connectivity index (χ0v) is 16.0. The number of amides is 1.